The number of nitrogens with zero attached hydrogens (tertiary/aromatic N) is 3. The molecule has 3 aromatic rings. The maximum atomic E-state index is 12.5. The summed E-state index contributed by atoms with van der Waals surface area (Å²) in [4.78, 5) is 31.5. The van der Waals surface area contributed by atoms with Crippen LogP contribution in [-0.2, 0) is 24.8 Å². The first-order valence-corrected chi connectivity index (χ1v) is 11.2. The van der Waals surface area contributed by atoms with Crippen LogP contribution >= 0.6 is 11.8 Å². The van der Waals surface area contributed by atoms with Crippen molar-refractivity contribution in [3.05, 3.63) is 70.0 Å². The number of hydrogen-bond donors (Lipinski definition) is 1. The third-order valence-corrected chi connectivity index (χ3v) is 6.42. The first-order chi connectivity index (χ1) is 14.6. The number of aryl methyl sites for hydroxylation is 1. The van der Waals surface area contributed by atoms with Gasteiger partial charge in [-0.1, -0.05) is 48.2 Å². The maximum absolute atomic E-state index is 12.5. The Morgan fingerprint density at radius 2 is 1.90 bits per heavy atom. The van der Waals surface area contributed by atoms with Crippen LogP contribution in [0.1, 0.15) is 17.5 Å². The van der Waals surface area contributed by atoms with E-state index in [2.05, 4.69) is 39.5 Å². The summed E-state index contributed by atoms with van der Waals surface area (Å²) in [7, 11) is 1.73. The highest BCUT2D eigenvalue weighted by atomic mass is 32.2. The number of fused-ring (bicyclic) bond motifs is 2. The normalized spacial score (nSPS) is 13.9. The molecule has 30 heavy (non-hydrogen) atoms. The molecule has 156 valence electrons. The minimum atomic E-state index is -0.170. The number of carbonyl (C=O) groups is 1. The van der Waals surface area contributed by atoms with Crippen molar-refractivity contribution in [1.29, 1.82) is 0 Å². The summed E-state index contributed by atoms with van der Waals surface area (Å²) < 4.78 is 1.58. The summed E-state index contributed by atoms with van der Waals surface area (Å²) in [5.41, 5.74) is 4.24. The third kappa shape index (κ3) is 4.74. The van der Waals surface area contributed by atoms with Crippen molar-refractivity contribution in [2.24, 2.45) is 7.05 Å². The number of rotatable bonds is 7. The minimum Gasteiger partial charge on any atom is -0.355 e. The number of para-hydroxylation sites is 2. The molecule has 1 aliphatic heterocycles. The highest BCUT2D eigenvalue weighted by Crippen LogP contribution is 2.18. The molecule has 0 fully saturated rings. The predicted octanol–water partition coefficient (Wildman–Crippen LogP) is 2.59. The maximum Gasteiger partial charge on any atom is 0.283 e. The molecule has 0 radical (unpaired) electrons. The molecule has 7 heteroatoms. The molecule has 4 rings (SSSR count). The molecule has 0 aliphatic carbocycles. The number of carbonyl (C=O) groups excluding carboxylic acids is 1. The van der Waals surface area contributed by atoms with Crippen LogP contribution < -0.4 is 10.9 Å². The molecule has 0 bridgehead atoms. The summed E-state index contributed by atoms with van der Waals surface area (Å²) in [6.07, 6.45) is 2.00. The van der Waals surface area contributed by atoms with Gasteiger partial charge in [-0.05, 0) is 36.1 Å². The fourth-order valence-electron chi connectivity index (χ4n) is 3.81. The van der Waals surface area contributed by atoms with E-state index in [1.54, 1.807) is 11.6 Å². The topological polar surface area (TPSA) is 67.2 Å². The van der Waals surface area contributed by atoms with E-state index < -0.39 is 0 Å². The molecule has 1 amide bonds. The Labute approximate surface area is 180 Å². The van der Waals surface area contributed by atoms with Crippen molar-refractivity contribution in [3.63, 3.8) is 0 Å². The summed E-state index contributed by atoms with van der Waals surface area (Å²) in [6, 6.07) is 16.1. The van der Waals surface area contributed by atoms with E-state index in [-0.39, 0.29) is 17.2 Å². The third-order valence-electron chi connectivity index (χ3n) is 5.48. The van der Waals surface area contributed by atoms with Crippen LogP contribution in [0.4, 0.5) is 0 Å². The molecule has 2 heterocycles. The highest BCUT2D eigenvalue weighted by Gasteiger charge is 2.15. The van der Waals surface area contributed by atoms with Gasteiger partial charge in [-0.15, -0.1) is 0 Å². The van der Waals surface area contributed by atoms with Gasteiger partial charge in [-0.3, -0.25) is 14.5 Å². The molecule has 0 unspecified atom stereocenters. The van der Waals surface area contributed by atoms with Crippen molar-refractivity contribution < 1.29 is 4.79 Å². The quantitative estimate of drug-likeness (QED) is 0.468. The van der Waals surface area contributed by atoms with E-state index >= 15 is 0 Å². The van der Waals surface area contributed by atoms with Gasteiger partial charge in [-0.2, -0.15) is 0 Å². The smallest absolute Gasteiger partial charge is 0.283 e. The Morgan fingerprint density at radius 1 is 1.13 bits per heavy atom. The number of nitrogens with one attached hydrogen (secondary N) is 1. The first kappa shape index (κ1) is 20.6. The second-order valence-electron chi connectivity index (χ2n) is 7.56. The van der Waals surface area contributed by atoms with Gasteiger partial charge in [0.15, 0.2) is 5.03 Å². The Bertz CT molecular complexity index is 1110. The monoisotopic (exact) mass is 422 g/mol. The predicted molar refractivity (Wildman–Crippen MR) is 121 cm³/mol. The standard InChI is InChI=1S/C23H26N4O2S/c1-26-20-10-5-4-9-19(20)25-22(23(26)29)30-16-21(28)24-12-6-13-27-14-11-17-7-2-3-8-18(17)15-27/h2-5,7-10H,6,11-16H2,1H3,(H,24,28). The number of thioether (sulfide) groups is 1. The van der Waals surface area contributed by atoms with E-state index in [9.17, 15) is 9.59 Å². The molecule has 1 N–H and O–H groups in total. The molecular weight excluding hydrogens is 396 g/mol. The van der Waals surface area contributed by atoms with Crippen LogP contribution in [0.3, 0.4) is 0 Å². The van der Waals surface area contributed by atoms with E-state index in [0.29, 0.717) is 11.6 Å². The van der Waals surface area contributed by atoms with Crippen molar-refractivity contribution >= 4 is 28.7 Å². The van der Waals surface area contributed by atoms with E-state index in [4.69, 9.17) is 0 Å². The molecule has 0 saturated heterocycles. The zero-order valence-corrected chi connectivity index (χ0v) is 18.0. The average Bonchev–Trinajstić information content (AvgIpc) is 2.78. The lowest BCUT2D eigenvalue weighted by Crippen LogP contribution is -2.34. The van der Waals surface area contributed by atoms with Gasteiger partial charge < -0.3 is 9.88 Å². The van der Waals surface area contributed by atoms with Gasteiger partial charge >= 0.3 is 0 Å². The SMILES string of the molecule is Cn1c(=O)c(SCC(=O)NCCCN2CCc3ccccc3C2)nc2ccccc21. The highest BCUT2D eigenvalue weighted by molar-refractivity contribution is 7.99. The van der Waals surface area contributed by atoms with Gasteiger partial charge in [0.2, 0.25) is 5.91 Å². The lowest BCUT2D eigenvalue weighted by molar-refractivity contribution is -0.118. The number of aromatic nitrogens is 2. The number of benzene rings is 2. The van der Waals surface area contributed by atoms with E-state index in [1.807, 2.05) is 24.3 Å². The van der Waals surface area contributed by atoms with Gasteiger partial charge in [0.05, 0.1) is 16.8 Å². The second kappa shape index (κ2) is 9.45. The minimum absolute atomic E-state index is 0.0685. The largest absolute Gasteiger partial charge is 0.355 e. The lowest BCUT2D eigenvalue weighted by Gasteiger charge is -2.28. The summed E-state index contributed by atoms with van der Waals surface area (Å²) >= 11 is 1.20. The van der Waals surface area contributed by atoms with Crippen LogP contribution in [0.15, 0.2) is 58.4 Å². The van der Waals surface area contributed by atoms with Crippen LogP contribution in [0.2, 0.25) is 0 Å². The molecule has 0 atom stereocenters. The number of amides is 1. The summed E-state index contributed by atoms with van der Waals surface area (Å²) in [6.45, 7) is 3.66. The first-order valence-electron chi connectivity index (χ1n) is 10.3. The Kier molecular flexibility index (Phi) is 6.50. The van der Waals surface area contributed by atoms with Crippen LogP contribution in [0.25, 0.3) is 11.0 Å². The number of hydrogen-bond acceptors (Lipinski definition) is 5. The Hall–Kier alpha value is -2.64. The molecule has 1 aliphatic rings. The molecular formula is C23H26N4O2S. The van der Waals surface area contributed by atoms with Crippen molar-refractivity contribution in [2.75, 3.05) is 25.4 Å². The molecule has 1 aromatic heterocycles. The summed E-state index contributed by atoms with van der Waals surface area (Å²) in [5, 5.41) is 3.32. The van der Waals surface area contributed by atoms with Crippen molar-refractivity contribution in [1.82, 2.24) is 19.8 Å². The Balaban J connectivity index is 1.22. The zero-order valence-electron chi connectivity index (χ0n) is 17.1. The van der Waals surface area contributed by atoms with Crippen molar-refractivity contribution in [3.8, 4) is 0 Å². The molecule has 0 spiro atoms. The fourth-order valence-corrected chi connectivity index (χ4v) is 4.60. The lowest BCUT2D eigenvalue weighted by atomic mass is 10.00. The second-order valence-corrected chi connectivity index (χ2v) is 8.52. The van der Waals surface area contributed by atoms with Crippen LogP contribution in [0.5, 0.6) is 0 Å². The van der Waals surface area contributed by atoms with Crippen LogP contribution in [-0.4, -0.2) is 45.7 Å². The summed E-state index contributed by atoms with van der Waals surface area (Å²) in [5.74, 6) is 0.124. The van der Waals surface area contributed by atoms with Crippen LogP contribution in [0, 0.1) is 0 Å². The van der Waals surface area contributed by atoms with Crippen molar-refractivity contribution in [2.45, 2.75) is 24.4 Å². The Morgan fingerprint density at radius 3 is 2.77 bits per heavy atom. The molecule has 0 saturated carbocycles. The van der Waals surface area contributed by atoms with Gasteiger partial charge in [0.25, 0.3) is 5.56 Å². The zero-order chi connectivity index (χ0) is 20.9. The van der Waals surface area contributed by atoms with Gasteiger partial charge in [0, 0.05) is 33.2 Å². The van der Waals surface area contributed by atoms with E-state index in [0.717, 1.165) is 43.5 Å². The average molecular weight is 423 g/mol. The molecule has 2 aromatic carbocycles. The van der Waals surface area contributed by atoms with E-state index in [1.165, 1.54) is 22.9 Å². The molecule has 6 nitrogen and oxygen atoms in total. The fraction of sp³-hybridized carbons (Fsp3) is 0.348. The van der Waals surface area contributed by atoms with Gasteiger partial charge in [-0.25, -0.2) is 4.98 Å². The van der Waals surface area contributed by atoms with Gasteiger partial charge in [0.1, 0.15) is 0 Å².